The predicted octanol–water partition coefficient (Wildman–Crippen LogP) is 2.31. The summed E-state index contributed by atoms with van der Waals surface area (Å²) in [4.78, 5) is 28.9. The Morgan fingerprint density at radius 2 is 1.96 bits per heavy atom. The highest BCUT2D eigenvalue weighted by Gasteiger charge is 2.12. The lowest BCUT2D eigenvalue weighted by molar-refractivity contribution is 0.0471. The third-order valence-electron chi connectivity index (χ3n) is 3.92. The van der Waals surface area contributed by atoms with E-state index in [0.717, 1.165) is 11.4 Å². The monoisotopic (exact) mass is 381 g/mol. The molecular formula is C18H15N5O3S. The van der Waals surface area contributed by atoms with Crippen molar-refractivity contribution in [1.82, 2.24) is 24.4 Å². The van der Waals surface area contributed by atoms with Gasteiger partial charge in [-0.25, -0.2) is 14.5 Å². The van der Waals surface area contributed by atoms with Crippen molar-refractivity contribution in [3.63, 3.8) is 0 Å². The van der Waals surface area contributed by atoms with Crippen molar-refractivity contribution in [2.75, 3.05) is 0 Å². The average molecular weight is 381 g/mol. The quantitative estimate of drug-likeness (QED) is 0.504. The summed E-state index contributed by atoms with van der Waals surface area (Å²) in [6, 6.07) is 10.3. The van der Waals surface area contributed by atoms with Crippen LogP contribution in [0.4, 0.5) is 0 Å². The molecule has 0 aliphatic rings. The Hall–Kier alpha value is -3.33. The number of aryl methyl sites for hydroxylation is 2. The van der Waals surface area contributed by atoms with Crippen molar-refractivity contribution in [3.05, 3.63) is 74.9 Å². The van der Waals surface area contributed by atoms with Gasteiger partial charge in [0.2, 0.25) is 4.96 Å². The summed E-state index contributed by atoms with van der Waals surface area (Å²) >= 11 is 1.22. The van der Waals surface area contributed by atoms with Crippen molar-refractivity contribution in [3.8, 4) is 5.69 Å². The van der Waals surface area contributed by atoms with Crippen molar-refractivity contribution in [2.24, 2.45) is 0 Å². The van der Waals surface area contributed by atoms with Crippen LogP contribution < -0.4 is 5.56 Å². The van der Waals surface area contributed by atoms with Crippen molar-refractivity contribution < 1.29 is 9.53 Å². The van der Waals surface area contributed by atoms with Crippen LogP contribution >= 0.6 is 11.3 Å². The van der Waals surface area contributed by atoms with Gasteiger partial charge < -0.3 is 4.74 Å². The summed E-state index contributed by atoms with van der Waals surface area (Å²) in [5, 5.41) is 8.88. The minimum Gasteiger partial charge on any atom is -0.455 e. The summed E-state index contributed by atoms with van der Waals surface area (Å²) in [5.74, 6) is -0.463. The number of benzene rings is 1. The molecule has 0 saturated carbocycles. The molecule has 0 atom stereocenters. The standard InChI is InChI=1S/C18H15N5O3S/c1-11-9-16(24)23-18(20-11)27-15(21-23)10-26-17(25)13-3-5-14(6-4-13)22-12(2)7-8-19-22/h3-9H,10H2,1-2H3. The summed E-state index contributed by atoms with van der Waals surface area (Å²) in [5.41, 5.74) is 2.66. The number of hydrogen-bond donors (Lipinski definition) is 0. The average Bonchev–Trinajstić information content (AvgIpc) is 3.26. The zero-order valence-corrected chi connectivity index (χ0v) is 15.4. The Balaban J connectivity index is 1.47. The highest BCUT2D eigenvalue weighted by atomic mass is 32.1. The molecule has 8 nitrogen and oxygen atoms in total. The lowest BCUT2D eigenvalue weighted by Crippen LogP contribution is -2.14. The maximum Gasteiger partial charge on any atom is 0.338 e. The molecule has 3 heterocycles. The summed E-state index contributed by atoms with van der Waals surface area (Å²) < 4.78 is 8.30. The molecule has 0 aliphatic heterocycles. The number of aromatic nitrogens is 5. The van der Waals surface area contributed by atoms with Crippen LogP contribution in [0, 0.1) is 13.8 Å². The third-order valence-corrected chi connectivity index (χ3v) is 4.80. The molecule has 1 aromatic carbocycles. The van der Waals surface area contributed by atoms with Crippen molar-refractivity contribution in [2.45, 2.75) is 20.5 Å². The lowest BCUT2D eigenvalue weighted by atomic mass is 10.2. The molecule has 0 unspecified atom stereocenters. The van der Waals surface area contributed by atoms with Crippen LogP contribution in [0.2, 0.25) is 0 Å². The minimum absolute atomic E-state index is 0.0225. The van der Waals surface area contributed by atoms with Crippen LogP contribution in [0.15, 0.2) is 47.4 Å². The molecule has 136 valence electrons. The first kappa shape index (κ1) is 17.1. The topological polar surface area (TPSA) is 91.4 Å². The van der Waals surface area contributed by atoms with E-state index in [9.17, 15) is 9.59 Å². The Bertz CT molecular complexity index is 1190. The Morgan fingerprint density at radius 1 is 1.19 bits per heavy atom. The van der Waals surface area contributed by atoms with Crippen LogP contribution in [0.25, 0.3) is 10.6 Å². The van der Waals surface area contributed by atoms with Gasteiger partial charge in [0.15, 0.2) is 5.01 Å². The van der Waals surface area contributed by atoms with E-state index in [2.05, 4.69) is 15.2 Å². The zero-order valence-electron chi connectivity index (χ0n) is 14.6. The number of fused-ring (bicyclic) bond motifs is 1. The van der Waals surface area contributed by atoms with E-state index in [-0.39, 0.29) is 12.2 Å². The van der Waals surface area contributed by atoms with E-state index in [1.54, 1.807) is 42.1 Å². The molecule has 27 heavy (non-hydrogen) atoms. The molecule has 0 radical (unpaired) electrons. The first-order chi connectivity index (χ1) is 13.0. The molecule has 0 bridgehead atoms. The molecule has 0 N–H and O–H groups in total. The van der Waals surface area contributed by atoms with Gasteiger partial charge in [0.1, 0.15) is 6.61 Å². The van der Waals surface area contributed by atoms with E-state index in [1.807, 2.05) is 13.0 Å². The molecule has 4 aromatic rings. The largest absolute Gasteiger partial charge is 0.455 e. The molecule has 3 aromatic heterocycles. The SMILES string of the molecule is Cc1cc(=O)n2nc(COC(=O)c3ccc(-n4nccc4C)cc3)sc2n1. The van der Waals surface area contributed by atoms with Gasteiger partial charge in [-0.1, -0.05) is 11.3 Å². The van der Waals surface area contributed by atoms with E-state index in [0.29, 0.717) is 21.2 Å². The maximum absolute atomic E-state index is 12.3. The Labute approximate surface area is 157 Å². The number of ether oxygens (including phenoxy) is 1. The summed E-state index contributed by atoms with van der Waals surface area (Å²) in [6.07, 6.45) is 1.72. The molecule has 4 rings (SSSR count). The van der Waals surface area contributed by atoms with Gasteiger partial charge in [-0.15, -0.1) is 0 Å². The van der Waals surface area contributed by atoms with Gasteiger partial charge in [-0.2, -0.15) is 14.7 Å². The molecule has 0 saturated heterocycles. The molecule has 0 fully saturated rings. The van der Waals surface area contributed by atoms with Gasteiger partial charge in [0.25, 0.3) is 5.56 Å². The van der Waals surface area contributed by atoms with Gasteiger partial charge in [0, 0.05) is 23.7 Å². The fourth-order valence-corrected chi connectivity index (χ4v) is 3.47. The Kier molecular flexibility index (Phi) is 4.28. The molecule has 0 aliphatic carbocycles. The Morgan fingerprint density at radius 3 is 2.67 bits per heavy atom. The van der Waals surface area contributed by atoms with E-state index < -0.39 is 5.97 Å². The van der Waals surface area contributed by atoms with Gasteiger partial charge in [-0.3, -0.25) is 4.79 Å². The number of rotatable bonds is 4. The number of hydrogen-bond acceptors (Lipinski definition) is 7. The zero-order chi connectivity index (χ0) is 19.0. The highest BCUT2D eigenvalue weighted by Crippen LogP contribution is 2.15. The first-order valence-corrected chi connectivity index (χ1v) is 8.97. The smallest absolute Gasteiger partial charge is 0.338 e. The van der Waals surface area contributed by atoms with E-state index in [1.165, 1.54) is 21.9 Å². The molecule has 0 amide bonds. The molecule has 0 spiro atoms. The van der Waals surface area contributed by atoms with Gasteiger partial charge in [0.05, 0.1) is 11.3 Å². The van der Waals surface area contributed by atoms with Crippen LogP contribution in [0.1, 0.15) is 26.8 Å². The summed E-state index contributed by atoms with van der Waals surface area (Å²) in [6.45, 7) is 3.68. The van der Waals surface area contributed by atoms with Crippen molar-refractivity contribution in [1.29, 1.82) is 0 Å². The van der Waals surface area contributed by atoms with E-state index >= 15 is 0 Å². The summed E-state index contributed by atoms with van der Waals surface area (Å²) in [7, 11) is 0. The second-order valence-electron chi connectivity index (χ2n) is 5.93. The second kappa shape index (κ2) is 6.76. The maximum atomic E-state index is 12.3. The second-order valence-corrected chi connectivity index (χ2v) is 6.97. The highest BCUT2D eigenvalue weighted by molar-refractivity contribution is 7.16. The predicted molar refractivity (Wildman–Crippen MR) is 99.3 cm³/mol. The number of carbonyl (C=O) groups is 1. The number of esters is 1. The van der Waals surface area contributed by atoms with Gasteiger partial charge >= 0.3 is 5.97 Å². The minimum atomic E-state index is -0.463. The fraction of sp³-hybridized carbons (Fsp3) is 0.167. The normalized spacial score (nSPS) is 11.0. The van der Waals surface area contributed by atoms with Crippen LogP contribution in [-0.4, -0.2) is 30.3 Å². The number of carbonyl (C=O) groups excluding carboxylic acids is 1. The third kappa shape index (κ3) is 3.36. The van der Waals surface area contributed by atoms with Crippen LogP contribution in [0.5, 0.6) is 0 Å². The van der Waals surface area contributed by atoms with Crippen molar-refractivity contribution >= 4 is 22.3 Å². The lowest BCUT2D eigenvalue weighted by Gasteiger charge is -2.06. The first-order valence-electron chi connectivity index (χ1n) is 8.16. The number of nitrogens with zero attached hydrogens (tertiary/aromatic N) is 5. The van der Waals surface area contributed by atoms with Crippen LogP contribution in [-0.2, 0) is 11.3 Å². The van der Waals surface area contributed by atoms with Crippen LogP contribution in [0.3, 0.4) is 0 Å². The van der Waals surface area contributed by atoms with E-state index in [4.69, 9.17) is 4.74 Å². The fourth-order valence-electron chi connectivity index (χ4n) is 2.61. The van der Waals surface area contributed by atoms with Gasteiger partial charge in [-0.05, 0) is 44.2 Å². The molecule has 9 heteroatoms. The molecular weight excluding hydrogens is 366 g/mol.